The van der Waals surface area contributed by atoms with Crippen molar-refractivity contribution in [2.45, 2.75) is 76.6 Å². The van der Waals surface area contributed by atoms with Gasteiger partial charge in [0.05, 0.1) is 22.1 Å². The summed E-state index contributed by atoms with van der Waals surface area (Å²) in [5.41, 5.74) is 0.399. The SMILES string of the molecule is CC(C)C[C@H](N[C@H](CCN1C(=O)c2ccc(NS(=O)(=O)c3ccccc3)cc2C1=O)C(=O)OC(C)(C)C)C(=O)NCc1ccccc1. The van der Waals surface area contributed by atoms with E-state index < -0.39 is 45.5 Å². The Bertz CT molecular complexity index is 1700. The zero-order valence-corrected chi connectivity index (χ0v) is 28.1. The number of sulfonamides is 1. The molecule has 3 aromatic carbocycles. The Hall–Kier alpha value is -4.55. The number of benzene rings is 3. The Morgan fingerprint density at radius 3 is 2.09 bits per heavy atom. The van der Waals surface area contributed by atoms with Crippen LogP contribution < -0.4 is 15.4 Å². The van der Waals surface area contributed by atoms with E-state index in [1.54, 1.807) is 39.0 Å². The smallest absolute Gasteiger partial charge is 0.323 e. The lowest BCUT2D eigenvalue weighted by Gasteiger charge is -2.29. The molecule has 0 unspecified atom stereocenters. The number of imide groups is 1. The van der Waals surface area contributed by atoms with Gasteiger partial charge in [-0.05, 0) is 75.4 Å². The first-order valence-corrected chi connectivity index (χ1v) is 17.0. The Morgan fingerprint density at radius 1 is 0.851 bits per heavy atom. The number of hydrogen-bond donors (Lipinski definition) is 3. The van der Waals surface area contributed by atoms with E-state index in [2.05, 4.69) is 15.4 Å². The largest absolute Gasteiger partial charge is 0.459 e. The average molecular weight is 663 g/mol. The van der Waals surface area contributed by atoms with Gasteiger partial charge in [0, 0.05) is 18.8 Å². The van der Waals surface area contributed by atoms with Gasteiger partial charge in [0.15, 0.2) is 0 Å². The number of hydrogen-bond acceptors (Lipinski definition) is 8. The lowest BCUT2D eigenvalue weighted by Crippen LogP contribution is -2.53. The highest BCUT2D eigenvalue weighted by Gasteiger charge is 2.38. The van der Waals surface area contributed by atoms with E-state index in [4.69, 9.17) is 4.74 Å². The van der Waals surface area contributed by atoms with Crippen molar-refractivity contribution in [2.75, 3.05) is 11.3 Å². The van der Waals surface area contributed by atoms with Gasteiger partial charge in [0.2, 0.25) is 5.91 Å². The molecule has 3 aromatic rings. The topological polar surface area (TPSA) is 151 Å². The molecule has 0 aromatic heterocycles. The van der Waals surface area contributed by atoms with Crippen molar-refractivity contribution < 1.29 is 32.3 Å². The Kier molecular flexibility index (Phi) is 11.2. The molecule has 0 saturated heterocycles. The summed E-state index contributed by atoms with van der Waals surface area (Å²) >= 11 is 0. The van der Waals surface area contributed by atoms with E-state index >= 15 is 0 Å². The zero-order valence-electron chi connectivity index (χ0n) is 27.3. The molecule has 47 heavy (non-hydrogen) atoms. The summed E-state index contributed by atoms with van der Waals surface area (Å²) in [6.07, 6.45) is 0.406. The summed E-state index contributed by atoms with van der Waals surface area (Å²) in [6, 6.07) is 19.6. The maximum atomic E-state index is 13.4. The fraction of sp³-hybridized carbons (Fsp3) is 0.371. The first kappa shape index (κ1) is 35.3. The number of ether oxygens (including phenoxy) is 1. The van der Waals surface area contributed by atoms with Crippen molar-refractivity contribution in [2.24, 2.45) is 5.92 Å². The lowest BCUT2D eigenvalue weighted by atomic mass is 10.0. The molecule has 11 nitrogen and oxygen atoms in total. The van der Waals surface area contributed by atoms with Crippen LogP contribution in [0.2, 0.25) is 0 Å². The predicted octanol–water partition coefficient (Wildman–Crippen LogP) is 4.50. The third kappa shape index (κ3) is 9.49. The second-order valence-electron chi connectivity index (χ2n) is 12.9. The van der Waals surface area contributed by atoms with Crippen LogP contribution >= 0.6 is 0 Å². The van der Waals surface area contributed by atoms with Crippen LogP contribution in [0.5, 0.6) is 0 Å². The summed E-state index contributed by atoms with van der Waals surface area (Å²) in [4.78, 5) is 54.5. The minimum Gasteiger partial charge on any atom is -0.459 e. The van der Waals surface area contributed by atoms with Crippen LogP contribution in [-0.2, 0) is 30.9 Å². The monoisotopic (exact) mass is 662 g/mol. The molecule has 4 rings (SSSR count). The highest BCUT2D eigenvalue weighted by Crippen LogP contribution is 2.28. The van der Waals surface area contributed by atoms with Crippen molar-refractivity contribution in [3.63, 3.8) is 0 Å². The van der Waals surface area contributed by atoms with Gasteiger partial charge >= 0.3 is 5.97 Å². The number of rotatable bonds is 14. The Balaban J connectivity index is 1.50. The van der Waals surface area contributed by atoms with Crippen LogP contribution in [0.3, 0.4) is 0 Å². The second kappa shape index (κ2) is 14.9. The number of nitrogens with zero attached hydrogens (tertiary/aromatic N) is 1. The van der Waals surface area contributed by atoms with Crippen LogP contribution in [-0.4, -0.2) is 61.2 Å². The van der Waals surface area contributed by atoms with Gasteiger partial charge in [-0.25, -0.2) is 8.42 Å². The number of carbonyl (C=O) groups is 4. The molecule has 0 saturated carbocycles. The summed E-state index contributed by atoms with van der Waals surface area (Å²) in [5.74, 6) is -1.98. The number of amides is 3. The van der Waals surface area contributed by atoms with E-state index in [9.17, 15) is 27.6 Å². The first-order valence-electron chi connectivity index (χ1n) is 15.5. The van der Waals surface area contributed by atoms with Gasteiger partial charge in [-0.2, -0.15) is 0 Å². The highest BCUT2D eigenvalue weighted by molar-refractivity contribution is 7.92. The molecule has 0 fully saturated rings. The summed E-state index contributed by atoms with van der Waals surface area (Å²) in [6.45, 7) is 9.29. The number of fused-ring (bicyclic) bond motifs is 1. The molecule has 3 amide bonds. The first-order chi connectivity index (χ1) is 22.1. The van der Waals surface area contributed by atoms with Crippen molar-refractivity contribution in [1.29, 1.82) is 0 Å². The predicted molar refractivity (Wildman–Crippen MR) is 178 cm³/mol. The molecule has 1 aliphatic rings. The van der Waals surface area contributed by atoms with E-state index in [0.29, 0.717) is 13.0 Å². The number of nitrogens with one attached hydrogen (secondary N) is 3. The number of esters is 1. The molecule has 0 bridgehead atoms. The van der Waals surface area contributed by atoms with E-state index in [1.807, 2.05) is 44.2 Å². The van der Waals surface area contributed by atoms with Gasteiger partial charge < -0.3 is 10.1 Å². The summed E-state index contributed by atoms with van der Waals surface area (Å²) in [7, 11) is -3.92. The van der Waals surface area contributed by atoms with Gasteiger partial charge in [-0.15, -0.1) is 0 Å². The normalized spacial score (nSPS) is 14.5. The third-order valence-electron chi connectivity index (χ3n) is 7.34. The molecule has 0 spiro atoms. The van der Waals surface area contributed by atoms with E-state index in [0.717, 1.165) is 10.5 Å². The molecule has 1 aliphatic heterocycles. The van der Waals surface area contributed by atoms with Gasteiger partial charge in [0.1, 0.15) is 11.6 Å². The van der Waals surface area contributed by atoms with Crippen molar-refractivity contribution in [3.8, 4) is 0 Å². The number of carbonyl (C=O) groups excluding carboxylic acids is 4. The fourth-order valence-electron chi connectivity index (χ4n) is 5.14. The Labute approximate surface area is 276 Å². The van der Waals surface area contributed by atoms with E-state index in [-0.39, 0.29) is 46.5 Å². The van der Waals surface area contributed by atoms with Gasteiger partial charge in [0.25, 0.3) is 21.8 Å². The minimum absolute atomic E-state index is 0.0194. The highest BCUT2D eigenvalue weighted by atomic mass is 32.2. The van der Waals surface area contributed by atoms with Crippen molar-refractivity contribution in [3.05, 3.63) is 95.6 Å². The maximum Gasteiger partial charge on any atom is 0.323 e. The lowest BCUT2D eigenvalue weighted by molar-refractivity contribution is -0.158. The minimum atomic E-state index is -3.92. The molecule has 12 heteroatoms. The van der Waals surface area contributed by atoms with Crippen LogP contribution in [0, 0.1) is 5.92 Å². The third-order valence-corrected chi connectivity index (χ3v) is 8.74. The van der Waals surface area contributed by atoms with Crippen LogP contribution in [0.1, 0.15) is 73.7 Å². The standard InChI is InChI=1S/C35H42N4O7S/c1-23(2)20-30(31(40)36-22-24-12-8-6-9-13-24)37-29(34(43)46-35(3,4)5)18-19-39-32(41)27-17-16-25(21-28(27)33(39)42)38-47(44,45)26-14-10-7-11-15-26/h6-17,21,23,29-30,37-38H,18-20,22H2,1-5H3,(H,36,40)/t29-,30+/m1/s1. The molecular formula is C35H42N4O7S. The molecule has 1 heterocycles. The maximum absolute atomic E-state index is 13.4. The molecular weight excluding hydrogens is 620 g/mol. The van der Waals surface area contributed by atoms with Gasteiger partial charge in [-0.3, -0.25) is 34.1 Å². The quantitative estimate of drug-likeness (QED) is 0.169. The molecule has 2 atom stereocenters. The van der Waals surface area contributed by atoms with Crippen molar-refractivity contribution >= 4 is 39.4 Å². The van der Waals surface area contributed by atoms with Gasteiger partial charge in [-0.1, -0.05) is 62.4 Å². The Morgan fingerprint density at radius 2 is 1.47 bits per heavy atom. The second-order valence-corrected chi connectivity index (χ2v) is 14.6. The van der Waals surface area contributed by atoms with Crippen molar-refractivity contribution in [1.82, 2.24) is 15.5 Å². The molecule has 3 N–H and O–H groups in total. The van der Waals surface area contributed by atoms with Crippen LogP contribution in [0.25, 0.3) is 0 Å². The average Bonchev–Trinajstić information content (AvgIpc) is 3.25. The van der Waals surface area contributed by atoms with E-state index in [1.165, 1.54) is 30.3 Å². The zero-order chi connectivity index (χ0) is 34.4. The fourth-order valence-corrected chi connectivity index (χ4v) is 6.22. The molecule has 0 radical (unpaired) electrons. The summed E-state index contributed by atoms with van der Waals surface area (Å²) in [5, 5.41) is 6.09. The molecule has 0 aliphatic carbocycles. The summed E-state index contributed by atoms with van der Waals surface area (Å²) < 4.78 is 33.7. The van der Waals surface area contributed by atoms with Crippen LogP contribution in [0.15, 0.2) is 83.8 Å². The number of anilines is 1. The molecule has 250 valence electrons. The van der Waals surface area contributed by atoms with Crippen LogP contribution in [0.4, 0.5) is 5.69 Å².